The summed E-state index contributed by atoms with van der Waals surface area (Å²) in [5.74, 6) is -0.711. The van der Waals surface area contributed by atoms with Gasteiger partial charge in [-0.25, -0.2) is 4.18 Å². The second-order valence-corrected chi connectivity index (χ2v) is 15.7. The molecule has 0 bridgehead atoms. The maximum Gasteiger partial charge on any atom is 0.397 e. The molecule has 8 unspecified atom stereocenters. The van der Waals surface area contributed by atoms with Crippen LogP contribution in [0.4, 0.5) is 0 Å². The van der Waals surface area contributed by atoms with Gasteiger partial charge in [-0.1, -0.05) is 147 Å². The molecule has 0 aromatic rings. The minimum Gasteiger partial charge on any atom is -0.394 e. The standard InChI is InChI=1S/C41H75NO12S/c1-3-5-7-9-11-12-13-14-15-16-17-18-19-20-21-22-23-24-26-28-30-35(45)40(48)42-33(34(44)29-27-25-10-8-6-4-2)32-52-41-38(47)39(54-55(49,50)51)37(46)36(31-43)53-41/h5,7,11-12,27,29,33-39,41,43-47H,3-4,6,8-10,13-26,28,30-32H2,1-2H3,(H,42,48)(H,49,50,51)/b7-5-,12-11-,29-27+. The molecule has 7 N–H and O–H groups in total. The van der Waals surface area contributed by atoms with Crippen molar-refractivity contribution in [2.75, 3.05) is 13.2 Å². The lowest BCUT2D eigenvalue weighted by molar-refractivity contribution is -0.298. The van der Waals surface area contributed by atoms with E-state index in [-0.39, 0.29) is 6.42 Å². The number of allylic oxidation sites excluding steroid dienone is 5. The smallest absolute Gasteiger partial charge is 0.394 e. The van der Waals surface area contributed by atoms with Crippen LogP contribution in [0.15, 0.2) is 36.5 Å². The van der Waals surface area contributed by atoms with Crippen LogP contribution >= 0.6 is 0 Å². The van der Waals surface area contributed by atoms with Gasteiger partial charge in [-0.3, -0.25) is 9.35 Å². The zero-order valence-corrected chi connectivity index (χ0v) is 34.4. The zero-order chi connectivity index (χ0) is 40.7. The summed E-state index contributed by atoms with van der Waals surface area (Å²) >= 11 is 0. The Hall–Kier alpha value is -1.72. The van der Waals surface area contributed by atoms with E-state index >= 15 is 0 Å². The summed E-state index contributed by atoms with van der Waals surface area (Å²) in [5.41, 5.74) is 0. The molecule has 1 heterocycles. The number of unbranched alkanes of at least 4 members (excludes halogenated alkanes) is 17. The summed E-state index contributed by atoms with van der Waals surface area (Å²) in [7, 11) is -5.11. The number of rotatable bonds is 34. The Labute approximate surface area is 331 Å². The number of carbonyl (C=O) groups excluding carboxylic acids is 1. The molecular formula is C41H75NO12S. The van der Waals surface area contributed by atoms with E-state index in [1.54, 1.807) is 6.08 Å². The first-order valence-electron chi connectivity index (χ1n) is 21.0. The number of aliphatic hydroxyl groups is 5. The second kappa shape index (κ2) is 32.3. The van der Waals surface area contributed by atoms with Crippen molar-refractivity contribution >= 4 is 16.3 Å². The highest BCUT2D eigenvalue weighted by molar-refractivity contribution is 7.80. The molecule has 0 spiro atoms. The van der Waals surface area contributed by atoms with Crippen molar-refractivity contribution in [1.29, 1.82) is 0 Å². The van der Waals surface area contributed by atoms with E-state index in [1.807, 2.05) is 0 Å². The summed E-state index contributed by atoms with van der Waals surface area (Å²) in [6.45, 7) is 2.99. The number of carbonyl (C=O) groups is 1. The van der Waals surface area contributed by atoms with Gasteiger partial charge in [0.1, 0.15) is 30.5 Å². The van der Waals surface area contributed by atoms with Crippen molar-refractivity contribution < 1.29 is 57.0 Å². The van der Waals surface area contributed by atoms with Crippen LogP contribution in [0.25, 0.3) is 0 Å². The van der Waals surface area contributed by atoms with Crippen molar-refractivity contribution in [3.63, 3.8) is 0 Å². The summed E-state index contributed by atoms with van der Waals surface area (Å²) in [4.78, 5) is 13.0. The van der Waals surface area contributed by atoms with Gasteiger partial charge < -0.3 is 40.3 Å². The molecule has 1 aliphatic heterocycles. The van der Waals surface area contributed by atoms with Crippen LogP contribution in [0.3, 0.4) is 0 Å². The molecule has 0 aromatic heterocycles. The Morgan fingerprint density at radius 3 is 1.87 bits per heavy atom. The highest BCUT2D eigenvalue weighted by atomic mass is 32.3. The Morgan fingerprint density at radius 1 is 0.764 bits per heavy atom. The highest BCUT2D eigenvalue weighted by Crippen LogP contribution is 2.26. The van der Waals surface area contributed by atoms with Crippen molar-refractivity contribution in [1.82, 2.24) is 5.32 Å². The molecule has 0 saturated carbocycles. The third kappa shape index (κ3) is 25.3. The van der Waals surface area contributed by atoms with Gasteiger partial charge in [0, 0.05) is 0 Å². The first-order chi connectivity index (χ1) is 26.4. The van der Waals surface area contributed by atoms with Gasteiger partial charge in [0.05, 0.1) is 25.4 Å². The number of ether oxygens (including phenoxy) is 2. The van der Waals surface area contributed by atoms with Crippen molar-refractivity contribution in [2.24, 2.45) is 0 Å². The predicted molar refractivity (Wildman–Crippen MR) is 214 cm³/mol. The van der Waals surface area contributed by atoms with Crippen LogP contribution < -0.4 is 5.32 Å². The molecule has 0 aromatic carbocycles. The first kappa shape index (κ1) is 51.3. The van der Waals surface area contributed by atoms with Crippen molar-refractivity contribution in [3.05, 3.63) is 36.5 Å². The van der Waals surface area contributed by atoms with Crippen LogP contribution in [0.5, 0.6) is 0 Å². The summed E-state index contributed by atoms with van der Waals surface area (Å²) in [6, 6.07) is -1.12. The number of nitrogens with one attached hydrogen (secondary N) is 1. The third-order valence-corrected chi connectivity index (χ3v) is 10.2. The molecule has 8 atom stereocenters. The van der Waals surface area contributed by atoms with Gasteiger partial charge in [-0.15, -0.1) is 0 Å². The minimum atomic E-state index is -5.11. The van der Waals surface area contributed by atoms with Gasteiger partial charge >= 0.3 is 10.4 Å². The fourth-order valence-electron chi connectivity index (χ4n) is 6.44. The molecule has 55 heavy (non-hydrogen) atoms. The Kier molecular flexibility index (Phi) is 30.1. The van der Waals surface area contributed by atoms with E-state index in [9.17, 15) is 38.7 Å². The predicted octanol–water partition coefficient (Wildman–Crippen LogP) is 6.13. The molecule has 1 rings (SSSR count). The number of aliphatic hydroxyl groups excluding tert-OH is 5. The first-order valence-corrected chi connectivity index (χ1v) is 22.3. The maximum absolute atomic E-state index is 13.0. The minimum absolute atomic E-state index is 0.241. The van der Waals surface area contributed by atoms with Gasteiger partial charge in [0.2, 0.25) is 5.91 Å². The lowest BCUT2D eigenvalue weighted by atomic mass is 9.99. The summed E-state index contributed by atoms with van der Waals surface area (Å²) < 4.78 is 47.2. The van der Waals surface area contributed by atoms with Crippen LogP contribution in [0, 0.1) is 0 Å². The molecule has 0 aliphatic carbocycles. The van der Waals surface area contributed by atoms with Crippen LogP contribution in [0.2, 0.25) is 0 Å². The third-order valence-electron chi connectivity index (χ3n) is 9.78. The molecule has 0 radical (unpaired) electrons. The van der Waals surface area contributed by atoms with Gasteiger partial charge in [-0.05, 0) is 44.9 Å². The topological polar surface area (TPSA) is 212 Å². The lowest BCUT2D eigenvalue weighted by Gasteiger charge is -2.41. The van der Waals surface area contributed by atoms with Crippen LogP contribution in [0.1, 0.15) is 155 Å². The summed E-state index contributed by atoms with van der Waals surface area (Å²) in [6.07, 6.45) is 24.4. The van der Waals surface area contributed by atoms with E-state index in [2.05, 4.69) is 47.7 Å². The second-order valence-electron chi connectivity index (χ2n) is 14.7. The summed E-state index contributed by atoms with van der Waals surface area (Å²) in [5, 5.41) is 54.7. The number of amides is 1. The van der Waals surface area contributed by atoms with Crippen LogP contribution in [-0.4, -0.2) is 107 Å². The number of hydrogen-bond donors (Lipinski definition) is 7. The van der Waals surface area contributed by atoms with Crippen molar-refractivity contribution in [3.8, 4) is 0 Å². The fourth-order valence-corrected chi connectivity index (χ4v) is 6.95. The normalized spacial score (nSPS) is 22.5. The highest BCUT2D eigenvalue weighted by Gasteiger charge is 2.48. The SMILES string of the molecule is CC/C=C\C/C=C\CCCCCCCCCCCCCCCC(O)C(=O)NC(COC1OC(CO)C(O)C(OS(=O)(=O)O)C1O)C(O)/C=C/CCCCCC. The fraction of sp³-hybridized carbons (Fsp3) is 0.829. The van der Waals surface area contributed by atoms with E-state index in [0.29, 0.717) is 12.8 Å². The maximum atomic E-state index is 13.0. The van der Waals surface area contributed by atoms with Gasteiger partial charge in [0.25, 0.3) is 0 Å². The average molecular weight is 806 g/mol. The molecule has 13 nitrogen and oxygen atoms in total. The van der Waals surface area contributed by atoms with E-state index in [0.717, 1.165) is 57.8 Å². The van der Waals surface area contributed by atoms with E-state index in [1.165, 1.54) is 70.3 Å². The molecule has 1 fully saturated rings. The van der Waals surface area contributed by atoms with Gasteiger partial charge in [-0.2, -0.15) is 8.42 Å². The Bertz CT molecular complexity index is 1150. The molecule has 1 amide bonds. The molecule has 322 valence electrons. The Balaban J connectivity index is 2.45. The monoisotopic (exact) mass is 806 g/mol. The van der Waals surface area contributed by atoms with Crippen molar-refractivity contribution in [2.45, 2.75) is 204 Å². The molecular weight excluding hydrogens is 731 g/mol. The molecule has 14 heteroatoms. The lowest BCUT2D eigenvalue weighted by Crippen LogP contribution is -2.61. The van der Waals surface area contributed by atoms with Crippen LogP contribution in [-0.2, 0) is 28.9 Å². The molecule has 1 aliphatic rings. The average Bonchev–Trinajstić information content (AvgIpc) is 3.15. The van der Waals surface area contributed by atoms with Gasteiger partial charge in [0.15, 0.2) is 6.29 Å². The van der Waals surface area contributed by atoms with E-state index in [4.69, 9.17) is 14.0 Å². The largest absolute Gasteiger partial charge is 0.397 e. The Morgan fingerprint density at radius 2 is 1.31 bits per heavy atom. The number of hydrogen-bond acceptors (Lipinski definition) is 11. The zero-order valence-electron chi connectivity index (χ0n) is 33.6. The van der Waals surface area contributed by atoms with E-state index < -0.39 is 78.5 Å². The molecule has 1 saturated heterocycles. The quantitative estimate of drug-likeness (QED) is 0.0223.